The van der Waals surface area contributed by atoms with Gasteiger partial charge in [0, 0.05) is 12.6 Å². The van der Waals surface area contributed by atoms with Gasteiger partial charge in [-0.2, -0.15) is 11.8 Å². The number of carbonyl (C=O) groups is 1. The minimum absolute atomic E-state index is 0.0157. The summed E-state index contributed by atoms with van der Waals surface area (Å²) in [6.07, 6.45) is 5.04. The number of hydrogen-bond acceptors (Lipinski definition) is 4. The summed E-state index contributed by atoms with van der Waals surface area (Å²) in [4.78, 5) is 14.2. The van der Waals surface area contributed by atoms with Gasteiger partial charge in [0.25, 0.3) is 0 Å². The Hall–Kier alpha value is -0.260. The molecule has 1 saturated heterocycles. The largest absolute Gasteiger partial charge is 0.351 e. The van der Waals surface area contributed by atoms with Gasteiger partial charge in [-0.25, -0.2) is 0 Å². The van der Waals surface area contributed by atoms with Gasteiger partial charge in [-0.1, -0.05) is 6.92 Å². The first-order chi connectivity index (χ1) is 8.17. The van der Waals surface area contributed by atoms with Crippen molar-refractivity contribution in [1.82, 2.24) is 10.2 Å². The molecule has 1 aliphatic heterocycles. The Morgan fingerprint density at radius 3 is 3.06 bits per heavy atom. The molecular weight excluding hydrogens is 234 g/mol. The van der Waals surface area contributed by atoms with Crippen molar-refractivity contribution >= 4 is 17.7 Å². The van der Waals surface area contributed by atoms with Crippen LogP contribution in [0.15, 0.2) is 0 Å². The normalized spacial score (nSPS) is 23.4. The molecule has 0 aromatic carbocycles. The molecule has 3 N–H and O–H groups in total. The second kappa shape index (κ2) is 7.95. The average Bonchev–Trinajstić information content (AvgIpc) is 2.36. The molecule has 4 nitrogen and oxygen atoms in total. The van der Waals surface area contributed by atoms with Crippen LogP contribution in [0, 0.1) is 0 Å². The van der Waals surface area contributed by atoms with Crippen molar-refractivity contribution in [3.05, 3.63) is 0 Å². The Balaban J connectivity index is 2.29. The number of rotatable bonds is 6. The van der Waals surface area contributed by atoms with E-state index in [-0.39, 0.29) is 18.0 Å². The molecular formula is C12H25N3OS. The third-order valence-electron chi connectivity index (χ3n) is 3.27. The van der Waals surface area contributed by atoms with Gasteiger partial charge < -0.3 is 16.0 Å². The van der Waals surface area contributed by atoms with Crippen molar-refractivity contribution in [1.29, 1.82) is 0 Å². The number of hydrogen-bond donors (Lipinski definition) is 2. The second-order valence-electron chi connectivity index (χ2n) is 4.63. The van der Waals surface area contributed by atoms with Crippen LogP contribution in [0.5, 0.6) is 0 Å². The predicted molar refractivity (Wildman–Crippen MR) is 74.3 cm³/mol. The van der Waals surface area contributed by atoms with Crippen LogP contribution >= 0.6 is 11.8 Å². The molecule has 0 bridgehead atoms. The summed E-state index contributed by atoms with van der Waals surface area (Å²) in [5.74, 6) is 0.961. The lowest BCUT2D eigenvalue weighted by Gasteiger charge is -2.32. The lowest BCUT2D eigenvalue weighted by molar-refractivity contribution is -0.123. The van der Waals surface area contributed by atoms with Crippen molar-refractivity contribution in [2.75, 3.05) is 31.6 Å². The van der Waals surface area contributed by atoms with Crippen LogP contribution in [-0.2, 0) is 4.79 Å². The van der Waals surface area contributed by atoms with Gasteiger partial charge in [0.15, 0.2) is 0 Å². The standard InChI is InChI=1S/C12H25N3OS/c1-3-15-7-4-5-10(9-15)14-12(16)11(13)6-8-17-2/h10-11H,3-9,13H2,1-2H3,(H,14,16)/t10?,11-/m1/s1. The van der Waals surface area contributed by atoms with Crippen LogP contribution < -0.4 is 11.1 Å². The van der Waals surface area contributed by atoms with E-state index in [1.54, 1.807) is 11.8 Å². The minimum atomic E-state index is -0.348. The van der Waals surface area contributed by atoms with Crippen LogP contribution in [0.2, 0.25) is 0 Å². The molecule has 0 aliphatic carbocycles. The number of nitrogens with one attached hydrogen (secondary N) is 1. The van der Waals surface area contributed by atoms with Gasteiger partial charge in [-0.15, -0.1) is 0 Å². The van der Waals surface area contributed by atoms with Crippen LogP contribution in [0.25, 0.3) is 0 Å². The van der Waals surface area contributed by atoms with E-state index in [4.69, 9.17) is 5.73 Å². The lowest BCUT2D eigenvalue weighted by atomic mass is 10.1. The van der Waals surface area contributed by atoms with Crippen molar-refractivity contribution in [3.63, 3.8) is 0 Å². The van der Waals surface area contributed by atoms with E-state index in [0.29, 0.717) is 0 Å². The van der Waals surface area contributed by atoms with Crippen molar-refractivity contribution in [2.45, 2.75) is 38.3 Å². The highest BCUT2D eigenvalue weighted by molar-refractivity contribution is 7.98. The first-order valence-electron chi connectivity index (χ1n) is 6.44. The van der Waals surface area contributed by atoms with E-state index in [1.165, 1.54) is 6.42 Å². The Kier molecular flexibility index (Phi) is 6.92. The number of carbonyl (C=O) groups excluding carboxylic acids is 1. The molecule has 100 valence electrons. The van der Waals surface area contributed by atoms with Crippen LogP contribution in [0.3, 0.4) is 0 Å². The highest BCUT2D eigenvalue weighted by atomic mass is 32.2. The molecule has 0 saturated carbocycles. The fraction of sp³-hybridized carbons (Fsp3) is 0.917. The van der Waals surface area contributed by atoms with Crippen molar-refractivity contribution < 1.29 is 4.79 Å². The molecule has 1 unspecified atom stereocenters. The molecule has 0 aromatic rings. The van der Waals surface area contributed by atoms with Gasteiger partial charge in [-0.05, 0) is 44.4 Å². The molecule has 0 radical (unpaired) electrons. The number of amides is 1. The summed E-state index contributed by atoms with van der Waals surface area (Å²) in [5, 5.41) is 3.08. The molecule has 5 heteroatoms. The summed E-state index contributed by atoms with van der Waals surface area (Å²) >= 11 is 1.73. The van der Waals surface area contributed by atoms with Crippen molar-refractivity contribution in [2.24, 2.45) is 5.73 Å². The van der Waals surface area contributed by atoms with E-state index in [0.717, 1.165) is 38.2 Å². The summed E-state index contributed by atoms with van der Waals surface area (Å²) in [5.41, 5.74) is 5.85. The van der Waals surface area contributed by atoms with E-state index in [2.05, 4.69) is 17.1 Å². The van der Waals surface area contributed by atoms with Crippen molar-refractivity contribution in [3.8, 4) is 0 Å². The molecule has 1 fully saturated rings. The number of likely N-dealkylation sites (N-methyl/N-ethyl adjacent to an activating group) is 1. The van der Waals surface area contributed by atoms with Gasteiger partial charge in [0.05, 0.1) is 6.04 Å². The fourth-order valence-corrected chi connectivity index (χ4v) is 2.63. The number of nitrogens with zero attached hydrogens (tertiary/aromatic N) is 1. The number of nitrogens with two attached hydrogens (primary N) is 1. The number of thioether (sulfide) groups is 1. The first-order valence-corrected chi connectivity index (χ1v) is 7.84. The monoisotopic (exact) mass is 259 g/mol. The highest BCUT2D eigenvalue weighted by Crippen LogP contribution is 2.10. The molecule has 1 aliphatic rings. The Labute approximate surface area is 109 Å². The zero-order valence-electron chi connectivity index (χ0n) is 10.9. The molecule has 1 rings (SSSR count). The Morgan fingerprint density at radius 2 is 2.41 bits per heavy atom. The van der Waals surface area contributed by atoms with E-state index in [1.807, 2.05) is 6.26 Å². The zero-order chi connectivity index (χ0) is 12.7. The third kappa shape index (κ3) is 5.27. The molecule has 2 atom stereocenters. The first kappa shape index (κ1) is 14.8. The zero-order valence-corrected chi connectivity index (χ0v) is 11.8. The smallest absolute Gasteiger partial charge is 0.237 e. The Bertz CT molecular complexity index is 238. The molecule has 0 aromatic heterocycles. The molecule has 17 heavy (non-hydrogen) atoms. The average molecular weight is 259 g/mol. The molecule has 1 heterocycles. The maximum Gasteiger partial charge on any atom is 0.237 e. The summed E-state index contributed by atoms with van der Waals surface area (Å²) in [6, 6.07) is -0.0593. The van der Waals surface area contributed by atoms with E-state index in [9.17, 15) is 4.79 Å². The quantitative estimate of drug-likeness (QED) is 0.736. The summed E-state index contributed by atoms with van der Waals surface area (Å²) in [6.45, 7) is 5.35. The fourth-order valence-electron chi connectivity index (χ4n) is 2.14. The minimum Gasteiger partial charge on any atom is -0.351 e. The predicted octanol–water partition coefficient (Wildman–Crippen LogP) is 0.667. The molecule has 1 amide bonds. The van der Waals surface area contributed by atoms with Gasteiger partial charge in [-0.3, -0.25) is 4.79 Å². The highest BCUT2D eigenvalue weighted by Gasteiger charge is 2.22. The van der Waals surface area contributed by atoms with E-state index >= 15 is 0 Å². The SMILES string of the molecule is CCN1CCCC(NC(=O)[C@H](N)CCSC)C1. The number of likely N-dealkylation sites (tertiary alicyclic amines) is 1. The van der Waals surface area contributed by atoms with Crippen LogP contribution in [0.4, 0.5) is 0 Å². The van der Waals surface area contributed by atoms with Gasteiger partial charge in [0.1, 0.15) is 0 Å². The maximum atomic E-state index is 11.8. The summed E-state index contributed by atoms with van der Waals surface area (Å²) < 4.78 is 0. The van der Waals surface area contributed by atoms with Crippen LogP contribution in [0.1, 0.15) is 26.2 Å². The second-order valence-corrected chi connectivity index (χ2v) is 5.61. The molecule has 0 spiro atoms. The Morgan fingerprint density at radius 1 is 1.65 bits per heavy atom. The van der Waals surface area contributed by atoms with Gasteiger partial charge in [0.2, 0.25) is 5.91 Å². The lowest BCUT2D eigenvalue weighted by Crippen LogP contribution is -2.51. The number of piperidine rings is 1. The van der Waals surface area contributed by atoms with E-state index < -0.39 is 0 Å². The van der Waals surface area contributed by atoms with Gasteiger partial charge >= 0.3 is 0 Å². The topological polar surface area (TPSA) is 58.4 Å². The maximum absolute atomic E-state index is 11.8. The van der Waals surface area contributed by atoms with Crippen LogP contribution in [-0.4, -0.2) is 54.5 Å². The summed E-state index contributed by atoms with van der Waals surface area (Å²) in [7, 11) is 0. The third-order valence-corrected chi connectivity index (χ3v) is 3.91.